The van der Waals surface area contributed by atoms with E-state index in [0.717, 1.165) is 97.0 Å². The third-order valence-corrected chi connectivity index (χ3v) is 6.92. The van der Waals surface area contributed by atoms with Crippen molar-refractivity contribution in [3.63, 3.8) is 0 Å². The number of hydrogen-bond acceptors (Lipinski definition) is 5. The van der Waals surface area contributed by atoms with E-state index in [0.29, 0.717) is 13.0 Å². The SMILES string of the molecule is C=C(C)CN(CCNC(=O)CCCCCCC)CCN(CCN(CCN(CC(=C)C)CC(=C)C)CC(=C)C)CC(=C)C. The van der Waals surface area contributed by atoms with E-state index in [1.54, 1.807) is 0 Å². The van der Waals surface area contributed by atoms with E-state index in [4.69, 9.17) is 0 Å². The molecule has 6 nitrogen and oxygen atoms in total. The summed E-state index contributed by atoms with van der Waals surface area (Å²) in [5.41, 5.74) is 5.86. The van der Waals surface area contributed by atoms with Crippen molar-refractivity contribution in [3.05, 3.63) is 60.8 Å². The highest BCUT2D eigenvalue weighted by Crippen LogP contribution is 2.07. The smallest absolute Gasteiger partial charge is 0.220 e. The summed E-state index contributed by atoms with van der Waals surface area (Å²) in [5, 5.41) is 3.13. The molecule has 0 atom stereocenters. The average Bonchev–Trinajstić information content (AvgIpc) is 2.86. The van der Waals surface area contributed by atoms with Gasteiger partial charge in [-0.1, -0.05) is 93.4 Å². The normalized spacial score (nSPS) is 11.5. The number of carbonyl (C=O) groups excluding carboxylic acids is 1. The summed E-state index contributed by atoms with van der Waals surface area (Å²) in [6.45, 7) is 45.2. The first-order valence-corrected chi connectivity index (χ1v) is 16.2. The maximum absolute atomic E-state index is 12.3. The van der Waals surface area contributed by atoms with Gasteiger partial charge in [0, 0.05) is 91.5 Å². The Kier molecular flexibility index (Phi) is 23.3. The number of amides is 1. The largest absolute Gasteiger partial charge is 0.355 e. The molecule has 0 unspecified atom stereocenters. The van der Waals surface area contributed by atoms with E-state index in [2.05, 4.69) is 99.4 Å². The summed E-state index contributed by atoms with van der Waals surface area (Å²) in [7, 11) is 0. The zero-order chi connectivity index (χ0) is 31.9. The highest BCUT2D eigenvalue weighted by Gasteiger charge is 2.15. The van der Waals surface area contributed by atoms with Crippen molar-refractivity contribution in [2.75, 3.05) is 85.1 Å². The third-order valence-electron chi connectivity index (χ3n) is 6.92. The number of nitrogens with one attached hydrogen (secondary N) is 1. The van der Waals surface area contributed by atoms with Gasteiger partial charge < -0.3 is 5.32 Å². The predicted molar refractivity (Wildman–Crippen MR) is 186 cm³/mol. The zero-order valence-corrected chi connectivity index (χ0v) is 28.7. The van der Waals surface area contributed by atoms with Crippen molar-refractivity contribution in [1.82, 2.24) is 24.9 Å². The van der Waals surface area contributed by atoms with E-state index in [1.165, 1.54) is 41.6 Å². The second-order valence-electron chi connectivity index (χ2n) is 12.8. The third kappa shape index (κ3) is 24.6. The van der Waals surface area contributed by atoms with E-state index in [1.807, 2.05) is 0 Å². The van der Waals surface area contributed by atoms with Crippen LogP contribution in [0, 0.1) is 0 Å². The van der Waals surface area contributed by atoms with Gasteiger partial charge in [0.25, 0.3) is 0 Å². The molecule has 0 aromatic heterocycles. The molecule has 6 heteroatoms. The van der Waals surface area contributed by atoms with Gasteiger partial charge in [-0.05, 0) is 41.0 Å². The van der Waals surface area contributed by atoms with Gasteiger partial charge in [0.2, 0.25) is 5.91 Å². The Morgan fingerprint density at radius 2 is 0.833 bits per heavy atom. The van der Waals surface area contributed by atoms with Crippen molar-refractivity contribution >= 4 is 5.91 Å². The molecule has 0 aliphatic carbocycles. The molecule has 0 aliphatic rings. The first-order chi connectivity index (χ1) is 19.8. The van der Waals surface area contributed by atoms with Crippen molar-refractivity contribution in [3.8, 4) is 0 Å². The van der Waals surface area contributed by atoms with Crippen molar-refractivity contribution in [2.45, 2.75) is 80.1 Å². The minimum absolute atomic E-state index is 0.174. The van der Waals surface area contributed by atoms with Crippen molar-refractivity contribution < 1.29 is 4.79 Å². The molecule has 0 bridgehead atoms. The topological polar surface area (TPSA) is 42.1 Å². The van der Waals surface area contributed by atoms with Crippen molar-refractivity contribution in [2.24, 2.45) is 0 Å². The Labute approximate surface area is 261 Å². The van der Waals surface area contributed by atoms with Crippen LogP contribution in [-0.2, 0) is 4.79 Å². The summed E-state index contributed by atoms with van der Waals surface area (Å²) in [6.07, 6.45) is 6.48. The minimum atomic E-state index is 0.174. The predicted octanol–water partition coefficient (Wildman–Crippen LogP) is 6.55. The molecular formula is C36H67N5O. The fourth-order valence-corrected chi connectivity index (χ4v) is 5.11. The molecule has 0 fully saturated rings. The highest BCUT2D eigenvalue weighted by molar-refractivity contribution is 5.75. The summed E-state index contributed by atoms with van der Waals surface area (Å²) in [5.74, 6) is 0.174. The molecule has 0 rings (SSSR count). The molecule has 0 aliphatic heterocycles. The molecule has 242 valence electrons. The van der Waals surface area contributed by atoms with Gasteiger partial charge in [0.1, 0.15) is 0 Å². The van der Waals surface area contributed by atoms with Crippen LogP contribution in [0.1, 0.15) is 80.1 Å². The average molecular weight is 586 g/mol. The molecule has 0 radical (unpaired) electrons. The lowest BCUT2D eigenvalue weighted by Gasteiger charge is -2.32. The second-order valence-corrected chi connectivity index (χ2v) is 12.8. The molecule has 1 N–H and O–H groups in total. The van der Waals surface area contributed by atoms with E-state index >= 15 is 0 Å². The van der Waals surface area contributed by atoms with Gasteiger partial charge in [-0.2, -0.15) is 0 Å². The zero-order valence-electron chi connectivity index (χ0n) is 28.7. The van der Waals surface area contributed by atoms with Crippen LogP contribution >= 0.6 is 0 Å². The van der Waals surface area contributed by atoms with Crippen LogP contribution in [-0.4, -0.2) is 111 Å². The van der Waals surface area contributed by atoms with Gasteiger partial charge in [0.05, 0.1) is 0 Å². The molecule has 0 saturated carbocycles. The quantitative estimate of drug-likeness (QED) is 0.0833. The molecule has 1 amide bonds. The molecule has 0 spiro atoms. The number of unbranched alkanes of at least 4 members (excludes halogenated alkanes) is 4. The van der Waals surface area contributed by atoms with Gasteiger partial charge in [-0.25, -0.2) is 0 Å². The van der Waals surface area contributed by atoms with E-state index < -0.39 is 0 Å². The lowest BCUT2D eigenvalue weighted by molar-refractivity contribution is -0.121. The summed E-state index contributed by atoms with van der Waals surface area (Å²) in [6, 6.07) is 0. The van der Waals surface area contributed by atoms with Gasteiger partial charge >= 0.3 is 0 Å². The molecule has 0 aromatic carbocycles. The molecule has 0 heterocycles. The Balaban J connectivity index is 5.03. The lowest BCUT2D eigenvalue weighted by atomic mass is 10.1. The molecular weight excluding hydrogens is 518 g/mol. The van der Waals surface area contributed by atoms with E-state index in [-0.39, 0.29) is 5.91 Å². The monoisotopic (exact) mass is 586 g/mol. The maximum atomic E-state index is 12.3. The Morgan fingerprint density at radius 3 is 1.21 bits per heavy atom. The van der Waals surface area contributed by atoms with Gasteiger partial charge in [0.15, 0.2) is 0 Å². The molecule has 0 aromatic rings. The van der Waals surface area contributed by atoms with Gasteiger partial charge in [-0.15, -0.1) is 0 Å². The second kappa shape index (κ2) is 24.5. The lowest BCUT2D eigenvalue weighted by Crippen LogP contribution is -2.44. The number of rotatable bonds is 28. The highest BCUT2D eigenvalue weighted by atomic mass is 16.1. The Bertz CT molecular complexity index is 817. The Hall–Kier alpha value is -1.99. The van der Waals surface area contributed by atoms with Crippen LogP contribution in [0.3, 0.4) is 0 Å². The van der Waals surface area contributed by atoms with E-state index in [9.17, 15) is 4.79 Å². The van der Waals surface area contributed by atoms with Gasteiger partial charge in [-0.3, -0.25) is 24.4 Å². The summed E-state index contributed by atoms with van der Waals surface area (Å²) >= 11 is 0. The fourth-order valence-electron chi connectivity index (χ4n) is 5.11. The number of hydrogen-bond donors (Lipinski definition) is 1. The number of nitrogens with zero attached hydrogens (tertiary/aromatic N) is 4. The fraction of sp³-hybridized carbons (Fsp3) is 0.694. The summed E-state index contributed by atoms with van der Waals surface area (Å²) < 4.78 is 0. The van der Waals surface area contributed by atoms with Crippen LogP contribution in [0.15, 0.2) is 60.8 Å². The summed E-state index contributed by atoms with van der Waals surface area (Å²) in [4.78, 5) is 22.2. The number of carbonyl (C=O) groups is 1. The van der Waals surface area contributed by atoms with Crippen LogP contribution in [0.25, 0.3) is 0 Å². The van der Waals surface area contributed by atoms with Crippen LogP contribution in [0.2, 0.25) is 0 Å². The first-order valence-electron chi connectivity index (χ1n) is 16.2. The van der Waals surface area contributed by atoms with Crippen LogP contribution < -0.4 is 5.32 Å². The molecule has 42 heavy (non-hydrogen) atoms. The first kappa shape index (κ1) is 40.0. The minimum Gasteiger partial charge on any atom is -0.355 e. The van der Waals surface area contributed by atoms with Crippen molar-refractivity contribution in [1.29, 1.82) is 0 Å². The Morgan fingerprint density at radius 1 is 0.500 bits per heavy atom. The molecule has 0 saturated heterocycles. The van der Waals surface area contributed by atoms with Crippen LogP contribution in [0.4, 0.5) is 0 Å². The standard InChI is InChI=1S/C36H67N5O/c1-12-13-14-15-16-17-36(42)37-18-19-38(26-31(2)3)20-21-39(27-32(4)5)22-23-40(28-33(6)7)24-25-41(29-34(8)9)30-35(10)11/h2,4,6,8,10,12-30H2,1,3,5,7,9,11H3,(H,37,42). The van der Waals surface area contributed by atoms with Crippen LogP contribution in [0.5, 0.6) is 0 Å². The maximum Gasteiger partial charge on any atom is 0.220 e.